The number of hydrogen-bond acceptors (Lipinski definition) is 1. The fourth-order valence-electron chi connectivity index (χ4n) is 2.56. The zero-order chi connectivity index (χ0) is 15.6. The molecule has 1 nitrogen and oxygen atoms in total. The van der Waals surface area contributed by atoms with E-state index in [0.29, 0.717) is 5.92 Å². The van der Waals surface area contributed by atoms with Crippen LogP contribution in [0.3, 0.4) is 0 Å². The van der Waals surface area contributed by atoms with Gasteiger partial charge in [-0.25, -0.2) is 0 Å². The predicted molar refractivity (Wildman–Crippen MR) is 78.8 cm³/mol. The van der Waals surface area contributed by atoms with Crippen LogP contribution in [0.2, 0.25) is 0 Å². The second-order valence-electron chi connectivity index (χ2n) is 5.68. The van der Waals surface area contributed by atoms with Crippen molar-refractivity contribution in [1.82, 2.24) is 0 Å². The molecule has 0 aliphatic heterocycles. The van der Waals surface area contributed by atoms with Crippen molar-refractivity contribution in [3.63, 3.8) is 0 Å². The molecule has 0 bridgehead atoms. The van der Waals surface area contributed by atoms with Gasteiger partial charge >= 0.3 is 6.18 Å². The van der Waals surface area contributed by atoms with Crippen molar-refractivity contribution >= 4 is 0 Å². The molecule has 2 aromatic carbocycles. The van der Waals surface area contributed by atoms with Gasteiger partial charge in [0.05, 0.1) is 5.56 Å². The first kappa shape index (κ1) is 14.9. The van der Waals surface area contributed by atoms with Crippen molar-refractivity contribution in [1.29, 1.82) is 0 Å². The van der Waals surface area contributed by atoms with Crippen molar-refractivity contribution in [2.45, 2.75) is 38.0 Å². The van der Waals surface area contributed by atoms with Crippen molar-refractivity contribution < 1.29 is 17.9 Å². The van der Waals surface area contributed by atoms with Crippen LogP contribution in [-0.4, -0.2) is 0 Å². The number of ether oxygens (including phenoxy) is 1. The number of alkyl halides is 3. The summed E-state index contributed by atoms with van der Waals surface area (Å²) in [5.74, 6) is 0.913. The van der Waals surface area contributed by atoms with Crippen LogP contribution in [0.5, 0.6) is 5.75 Å². The lowest BCUT2D eigenvalue weighted by Crippen LogP contribution is -2.08. The standard InChI is InChI=1S/C18H17F3O/c19-18(20,21)16-5-2-6-17(11-16)22-12-13-7-9-15(10-8-13)14-3-1-4-14/h2,5-11,14H,1,3-4,12H2. The molecule has 0 amide bonds. The van der Waals surface area contributed by atoms with E-state index in [4.69, 9.17) is 4.74 Å². The van der Waals surface area contributed by atoms with Crippen LogP contribution in [-0.2, 0) is 12.8 Å². The lowest BCUT2D eigenvalue weighted by Gasteiger charge is -2.25. The monoisotopic (exact) mass is 306 g/mol. The Morgan fingerprint density at radius 1 is 1.00 bits per heavy atom. The minimum atomic E-state index is -4.34. The Morgan fingerprint density at radius 3 is 2.32 bits per heavy atom. The van der Waals surface area contributed by atoms with Gasteiger partial charge in [-0.3, -0.25) is 0 Å². The highest BCUT2D eigenvalue weighted by Gasteiger charge is 2.30. The van der Waals surface area contributed by atoms with Crippen molar-refractivity contribution in [3.8, 4) is 5.75 Å². The predicted octanol–water partition coefficient (Wildman–Crippen LogP) is 5.55. The van der Waals surface area contributed by atoms with Gasteiger partial charge in [-0.05, 0) is 48.1 Å². The van der Waals surface area contributed by atoms with E-state index in [1.807, 2.05) is 12.1 Å². The van der Waals surface area contributed by atoms with Gasteiger partial charge in [0.2, 0.25) is 0 Å². The average Bonchev–Trinajstić information content (AvgIpc) is 2.44. The molecule has 2 aromatic rings. The highest BCUT2D eigenvalue weighted by atomic mass is 19.4. The van der Waals surface area contributed by atoms with Crippen molar-refractivity contribution in [2.75, 3.05) is 0 Å². The highest BCUT2D eigenvalue weighted by molar-refractivity contribution is 5.31. The third-order valence-electron chi connectivity index (χ3n) is 4.12. The molecule has 116 valence electrons. The lowest BCUT2D eigenvalue weighted by molar-refractivity contribution is -0.137. The molecule has 0 unspecified atom stereocenters. The van der Waals surface area contributed by atoms with E-state index < -0.39 is 11.7 Å². The van der Waals surface area contributed by atoms with Crippen LogP contribution in [0.4, 0.5) is 13.2 Å². The van der Waals surface area contributed by atoms with Crippen LogP contribution < -0.4 is 4.74 Å². The van der Waals surface area contributed by atoms with Gasteiger partial charge in [0.1, 0.15) is 12.4 Å². The van der Waals surface area contributed by atoms with Crippen LogP contribution in [0.25, 0.3) is 0 Å². The summed E-state index contributed by atoms with van der Waals surface area (Å²) >= 11 is 0. The van der Waals surface area contributed by atoms with Crippen LogP contribution in [0.1, 0.15) is 41.9 Å². The Labute approximate surface area is 127 Å². The van der Waals surface area contributed by atoms with Gasteiger partial charge in [0.25, 0.3) is 0 Å². The minimum Gasteiger partial charge on any atom is -0.489 e. The molecule has 0 aromatic heterocycles. The first-order valence-electron chi connectivity index (χ1n) is 7.41. The maximum atomic E-state index is 12.6. The van der Waals surface area contributed by atoms with Crippen LogP contribution >= 0.6 is 0 Å². The molecule has 1 aliphatic carbocycles. The fraction of sp³-hybridized carbons (Fsp3) is 0.333. The van der Waals surface area contributed by atoms with E-state index in [2.05, 4.69) is 12.1 Å². The molecular formula is C18H17F3O. The second-order valence-corrected chi connectivity index (χ2v) is 5.68. The average molecular weight is 306 g/mol. The minimum absolute atomic E-state index is 0.234. The summed E-state index contributed by atoms with van der Waals surface area (Å²) in [5.41, 5.74) is 1.61. The summed E-state index contributed by atoms with van der Waals surface area (Å²) in [4.78, 5) is 0. The number of halogens is 3. The van der Waals surface area contributed by atoms with E-state index in [0.717, 1.165) is 17.7 Å². The van der Waals surface area contributed by atoms with E-state index in [1.165, 1.54) is 37.0 Å². The van der Waals surface area contributed by atoms with Crippen LogP contribution in [0, 0.1) is 0 Å². The van der Waals surface area contributed by atoms with Gasteiger partial charge in [-0.2, -0.15) is 13.2 Å². The van der Waals surface area contributed by atoms with Gasteiger partial charge in [0.15, 0.2) is 0 Å². The smallest absolute Gasteiger partial charge is 0.416 e. The Balaban J connectivity index is 1.62. The Hall–Kier alpha value is -1.97. The third-order valence-corrected chi connectivity index (χ3v) is 4.12. The fourth-order valence-corrected chi connectivity index (χ4v) is 2.56. The number of benzene rings is 2. The normalized spacial score (nSPS) is 15.4. The largest absolute Gasteiger partial charge is 0.489 e. The van der Waals surface area contributed by atoms with E-state index in [9.17, 15) is 13.2 Å². The Bertz CT molecular complexity index is 628. The molecule has 0 heterocycles. The van der Waals surface area contributed by atoms with Gasteiger partial charge in [0, 0.05) is 0 Å². The van der Waals surface area contributed by atoms with E-state index in [1.54, 1.807) is 0 Å². The van der Waals surface area contributed by atoms with Crippen molar-refractivity contribution in [2.24, 2.45) is 0 Å². The van der Waals surface area contributed by atoms with Gasteiger partial charge < -0.3 is 4.74 Å². The molecule has 4 heteroatoms. The zero-order valence-electron chi connectivity index (χ0n) is 12.1. The maximum absolute atomic E-state index is 12.6. The number of rotatable bonds is 4. The molecule has 1 fully saturated rings. The third kappa shape index (κ3) is 3.43. The summed E-state index contributed by atoms with van der Waals surface area (Å²) in [7, 11) is 0. The Morgan fingerprint density at radius 2 is 1.73 bits per heavy atom. The highest BCUT2D eigenvalue weighted by Crippen LogP contribution is 2.36. The lowest BCUT2D eigenvalue weighted by atomic mass is 9.80. The molecule has 0 atom stereocenters. The van der Waals surface area contributed by atoms with E-state index in [-0.39, 0.29) is 12.4 Å². The summed E-state index contributed by atoms with van der Waals surface area (Å²) in [5, 5.41) is 0. The SMILES string of the molecule is FC(F)(F)c1cccc(OCc2ccc(C3CCC3)cc2)c1. The summed E-state index contributed by atoms with van der Waals surface area (Å²) in [6.45, 7) is 0.270. The topological polar surface area (TPSA) is 9.23 Å². The summed E-state index contributed by atoms with van der Waals surface area (Å²) < 4.78 is 43.4. The summed E-state index contributed by atoms with van der Waals surface area (Å²) in [6, 6.07) is 13.1. The molecule has 0 saturated heterocycles. The van der Waals surface area contributed by atoms with E-state index >= 15 is 0 Å². The molecule has 0 spiro atoms. The van der Waals surface area contributed by atoms with Crippen molar-refractivity contribution in [3.05, 3.63) is 65.2 Å². The number of hydrogen-bond donors (Lipinski definition) is 0. The van der Waals surface area contributed by atoms with Crippen LogP contribution in [0.15, 0.2) is 48.5 Å². The molecule has 1 saturated carbocycles. The summed E-state index contributed by atoms with van der Waals surface area (Å²) in [6.07, 6.45) is -0.547. The second kappa shape index (κ2) is 6.03. The zero-order valence-corrected chi connectivity index (χ0v) is 12.1. The Kier molecular flexibility index (Phi) is 4.10. The molecule has 0 N–H and O–H groups in total. The molecule has 3 rings (SSSR count). The first-order chi connectivity index (χ1) is 10.5. The first-order valence-corrected chi connectivity index (χ1v) is 7.41. The maximum Gasteiger partial charge on any atom is 0.416 e. The molecular weight excluding hydrogens is 289 g/mol. The quantitative estimate of drug-likeness (QED) is 0.719. The molecule has 0 radical (unpaired) electrons. The molecule has 22 heavy (non-hydrogen) atoms. The van der Waals surface area contributed by atoms with Gasteiger partial charge in [-0.15, -0.1) is 0 Å². The molecule has 1 aliphatic rings. The van der Waals surface area contributed by atoms with Gasteiger partial charge in [-0.1, -0.05) is 36.8 Å².